The average molecular weight is 277 g/mol. The lowest BCUT2D eigenvalue weighted by atomic mass is 10.1. The van der Waals surface area contributed by atoms with Crippen LogP contribution in [0.5, 0.6) is 0 Å². The molecule has 0 aliphatic carbocycles. The SMILES string of the molecule is CC(C)C(CN)NCc1ccc(Br)s1. The van der Waals surface area contributed by atoms with Crippen molar-refractivity contribution in [2.24, 2.45) is 11.7 Å². The molecular weight excluding hydrogens is 260 g/mol. The predicted octanol–water partition coefficient (Wildman–Crippen LogP) is 2.58. The second kappa shape index (κ2) is 5.85. The van der Waals surface area contributed by atoms with Gasteiger partial charge in [0.05, 0.1) is 3.79 Å². The van der Waals surface area contributed by atoms with Crippen LogP contribution in [0.25, 0.3) is 0 Å². The van der Waals surface area contributed by atoms with Gasteiger partial charge in [-0.05, 0) is 34.0 Å². The van der Waals surface area contributed by atoms with E-state index in [1.54, 1.807) is 11.3 Å². The van der Waals surface area contributed by atoms with Gasteiger partial charge >= 0.3 is 0 Å². The summed E-state index contributed by atoms with van der Waals surface area (Å²) in [5.74, 6) is 0.586. The van der Waals surface area contributed by atoms with E-state index in [1.165, 1.54) is 8.66 Å². The molecular formula is C10H17BrN2S. The lowest BCUT2D eigenvalue weighted by Gasteiger charge is -2.19. The third-order valence-corrected chi connectivity index (χ3v) is 3.85. The van der Waals surface area contributed by atoms with Crippen molar-refractivity contribution < 1.29 is 0 Å². The number of thiophene rings is 1. The molecule has 0 saturated carbocycles. The van der Waals surface area contributed by atoms with Crippen molar-refractivity contribution in [3.63, 3.8) is 0 Å². The number of nitrogens with two attached hydrogens (primary N) is 1. The van der Waals surface area contributed by atoms with Gasteiger partial charge in [0.1, 0.15) is 0 Å². The summed E-state index contributed by atoms with van der Waals surface area (Å²) in [6.45, 7) is 5.99. The Morgan fingerprint density at radius 1 is 1.50 bits per heavy atom. The van der Waals surface area contributed by atoms with E-state index in [4.69, 9.17) is 5.73 Å². The molecule has 0 fully saturated rings. The Balaban J connectivity index is 2.39. The Labute approximate surface area is 98.0 Å². The lowest BCUT2D eigenvalue weighted by molar-refractivity contribution is 0.406. The zero-order valence-electron chi connectivity index (χ0n) is 8.59. The minimum absolute atomic E-state index is 0.413. The summed E-state index contributed by atoms with van der Waals surface area (Å²) in [4.78, 5) is 1.34. The summed E-state index contributed by atoms with van der Waals surface area (Å²) in [7, 11) is 0. The van der Waals surface area contributed by atoms with Crippen molar-refractivity contribution in [3.8, 4) is 0 Å². The van der Waals surface area contributed by atoms with Gasteiger partial charge in [0, 0.05) is 24.0 Å². The van der Waals surface area contributed by atoms with Crippen LogP contribution < -0.4 is 11.1 Å². The summed E-state index contributed by atoms with van der Waals surface area (Å²) >= 11 is 5.22. The van der Waals surface area contributed by atoms with Crippen LogP contribution in [0, 0.1) is 5.92 Å². The molecule has 1 aromatic heterocycles. The Morgan fingerprint density at radius 2 is 2.21 bits per heavy atom. The van der Waals surface area contributed by atoms with Gasteiger partial charge in [-0.1, -0.05) is 13.8 Å². The molecule has 1 heterocycles. The number of nitrogens with one attached hydrogen (secondary N) is 1. The van der Waals surface area contributed by atoms with Gasteiger partial charge in [0.2, 0.25) is 0 Å². The van der Waals surface area contributed by atoms with Gasteiger partial charge in [-0.3, -0.25) is 0 Å². The molecule has 1 aromatic rings. The van der Waals surface area contributed by atoms with Crippen LogP contribution in [0.4, 0.5) is 0 Å². The largest absolute Gasteiger partial charge is 0.329 e. The molecule has 14 heavy (non-hydrogen) atoms. The average Bonchev–Trinajstić information content (AvgIpc) is 2.52. The molecule has 0 spiro atoms. The molecule has 0 aromatic carbocycles. The third kappa shape index (κ3) is 3.69. The Bertz CT molecular complexity index is 273. The van der Waals surface area contributed by atoms with Crippen LogP contribution in [-0.2, 0) is 6.54 Å². The van der Waals surface area contributed by atoms with Gasteiger partial charge in [-0.2, -0.15) is 0 Å². The van der Waals surface area contributed by atoms with E-state index in [-0.39, 0.29) is 0 Å². The van der Waals surface area contributed by atoms with E-state index in [1.807, 2.05) is 0 Å². The van der Waals surface area contributed by atoms with Gasteiger partial charge < -0.3 is 11.1 Å². The fourth-order valence-electron chi connectivity index (χ4n) is 1.27. The number of rotatable bonds is 5. The van der Waals surface area contributed by atoms with E-state index >= 15 is 0 Å². The maximum absolute atomic E-state index is 5.67. The summed E-state index contributed by atoms with van der Waals surface area (Å²) in [6.07, 6.45) is 0. The number of hydrogen-bond donors (Lipinski definition) is 2. The second-order valence-electron chi connectivity index (χ2n) is 3.67. The standard InChI is InChI=1S/C10H17BrN2S/c1-7(2)9(5-12)13-6-8-3-4-10(11)14-8/h3-4,7,9,13H,5-6,12H2,1-2H3. The second-order valence-corrected chi connectivity index (χ2v) is 6.22. The van der Waals surface area contributed by atoms with Crippen LogP contribution in [-0.4, -0.2) is 12.6 Å². The number of hydrogen-bond acceptors (Lipinski definition) is 3. The molecule has 80 valence electrons. The molecule has 0 aliphatic heterocycles. The van der Waals surface area contributed by atoms with Crippen molar-refractivity contribution in [3.05, 3.63) is 20.8 Å². The van der Waals surface area contributed by atoms with Gasteiger partial charge in [0.25, 0.3) is 0 Å². The molecule has 1 atom stereocenters. The Kier molecular flexibility index (Phi) is 5.09. The summed E-state index contributed by atoms with van der Waals surface area (Å²) in [5, 5.41) is 3.46. The fraction of sp³-hybridized carbons (Fsp3) is 0.600. The Morgan fingerprint density at radius 3 is 2.64 bits per heavy atom. The van der Waals surface area contributed by atoms with E-state index in [9.17, 15) is 0 Å². The van der Waals surface area contributed by atoms with E-state index in [2.05, 4.69) is 47.2 Å². The highest BCUT2D eigenvalue weighted by atomic mass is 79.9. The minimum Gasteiger partial charge on any atom is -0.329 e. The smallest absolute Gasteiger partial charge is 0.0701 e. The Hall–Kier alpha value is 0.1000. The van der Waals surface area contributed by atoms with Crippen molar-refractivity contribution in [2.75, 3.05) is 6.54 Å². The molecule has 2 nitrogen and oxygen atoms in total. The van der Waals surface area contributed by atoms with Crippen molar-refractivity contribution in [1.82, 2.24) is 5.32 Å². The van der Waals surface area contributed by atoms with E-state index < -0.39 is 0 Å². The first kappa shape index (κ1) is 12.2. The van der Waals surface area contributed by atoms with Crippen LogP contribution in [0.15, 0.2) is 15.9 Å². The molecule has 0 bridgehead atoms. The molecule has 1 rings (SSSR count). The topological polar surface area (TPSA) is 38.0 Å². The first-order valence-electron chi connectivity index (χ1n) is 4.81. The van der Waals surface area contributed by atoms with Crippen LogP contribution in [0.2, 0.25) is 0 Å². The highest BCUT2D eigenvalue weighted by molar-refractivity contribution is 9.11. The van der Waals surface area contributed by atoms with Crippen molar-refractivity contribution >= 4 is 27.3 Å². The highest BCUT2D eigenvalue weighted by Gasteiger charge is 2.10. The van der Waals surface area contributed by atoms with Gasteiger partial charge in [-0.15, -0.1) is 11.3 Å². The quantitative estimate of drug-likeness (QED) is 0.868. The van der Waals surface area contributed by atoms with Crippen molar-refractivity contribution in [1.29, 1.82) is 0 Å². The molecule has 1 unspecified atom stereocenters. The van der Waals surface area contributed by atoms with E-state index in [0.29, 0.717) is 18.5 Å². The maximum atomic E-state index is 5.67. The zero-order chi connectivity index (χ0) is 10.6. The first-order valence-corrected chi connectivity index (χ1v) is 6.42. The number of halogens is 1. The fourth-order valence-corrected chi connectivity index (χ4v) is 2.70. The molecule has 0 amide bonds. The monoisotopic (exact) mass is 276 g/mol. The predicted molar refractivity (Wildman–Crippen MR) is 66.5 cm³/mol. The molecule has 0 saturated heterocycles. The van der Waals surface area contributed by atoms with Crippen molar-refractivity contribution in [2.45, 2.75) is 26.4 Å². The van der Waals surface area contributed by atoms with Gasteiger partial charge in [-0.25, -0.2) is 0 Å². The minimum atomic E-state index is 0.413. The molecule has 0 aliphatic rings. The highest BCUT2D eigenvalue weighted by Crippen LogP contribution is 2.21. The first-order chi connectivity index (χ1) is 6.63. The van der Waals surface area contributed by atoms with Crippen LogP contribution in [0.1, 0.15) is 18.7 Å². The third-order valence-electron chi connectivity index (χ3n) is 2.23. The molecule has 3 N–H and O–H groups in total. The van der Waals surface area contributed by atoms with E-state index in [0.717, 1.165) is 6.54 Å². The van der Waals surface area contributed by atoms with Crippen LogP contribution >= 0.6 is 27.3 Å². The van der Waals surface area contributed by atoms with Crippen LogP contribution in [0.3, 0.4) is 0 Å². The summed E-state index contributed by atoms with van der Waals surface area (Å²) < 4.78 is 1.18. The molecule has 0 radical (unpaired) electrons. The normalized spacial score (nSPS) is 13.5. The maximum Gasteiger partial charge on any atom is 0.0701 e. The van der Waals surface area contributed by atoms with Gasteiger partial charge in [0.15, 0.2) is 0 Å². The summed E-state index contributed by atoms with van der Waals surface area (Å²) in [5.41, 5.74) is 5.67. The molecule has 4 heteroatoms. The lowest BCUT2D eigenvalue weighted by Crippen LogP contribution is -2.39. The zero-order valence-corrected chi connectivity index (χ0v) is 11.0. The summed E-state index contributed by atoms with van der Waals surface area (Å²) in [6, 6.07) is 4.63.